The van der Waals surface area contributed by atoms with E-state index >= 15 is 0 Å². The van der Waals surface area contributed by atoms with Crippen molar-refractivity contribution >= 4 is 17.4 Å². The van der Waals surface area contributed by atoms with Crippen molar-refractivity contribution in [2.45, 2.75) is 13.8 Å². The van der Waals surface area contributed by atoms with Crippen LogP contribution in [0.25, 0.3) is 0 Å². The Kier molecular flexibility index (Phi) is 4.33. The Labute approximate surface area is 97.7 Å². The summed E-state index contributed by atoms with van der Waals surface area (Å²) in [5.74, 6) is -1.79. The Morgan fingerprint density at radius 3 is 2.53 bits per heavy atom. The third-order valence-corrected chi connectivity index (χ3v) is 1.80. The van der Waals surface area contributed by atoms with E-state index in [0.29, 0.717) is 0 Å². The molecular formula is C11H12NO5+. The Bertz CT molecular complexity index is 455. The van der Waals surface area contributed by atoms with Crippen LogP contribution in [0, 0.1) is 4.91 Å². The number of Topliss-reactive ketones (excluding diaryl/α,β-unsaturated/α-hetero) is 1. The molecular weight excluding hydrogens is 226 g/mol. The Morgan fingerprint density at radius 2 is 1.94 bits per heavy atom. The van der Waals surface area contributed by atoms with Crippen LogP contribution in [0.4, 0.5) is 5.69 Å². The van der Waals surface area contributed by atoms with E-state index in [1.165, 1.54) is 12.1 Å². The molecule has 0 atom stereocenters. The highest BCUT2D eigenvalue weighted by Gasteiger charge is 2.24. The highest BCUT2D eigenvalue weighted by Crippen LogP contribution is 2.26. The van der Waals surface area contributed by atoms with Gasteiger partial charge in [-0.3, -0.25) is 4.79 Å². The van der Waals surface area contributed by atoms with Gasteiger partial charge < -0.3 is 4.74 Å². The van der Waals surface area contributed by atoms with E-state index < -0.39 is 11.8 Å². The molecule has 0 unspecified atom stereocenters. The minimum atomic E-state index is -1.03. The molecule has 1 aromatic rings. The number of carbonyl (C=O) groups is 2. The first kappa shape index (κ1) is 12.8. The van der Waals surface area contributed by atoms with Crippen molar-refractivity contribution in [1.29, 1.82) is 0 Å². The topological polar surface area (TPSA) is 72.7 Å². The SMILES string of the molecule is CCO[N+](=O)c1ccccc1OC(=O)C(C)=O. The molecule has 0 saturated carbocycles. The number of para-hydroxylation sites is 2. The molecule has 0 bridgehead atoms. The van der Waals surface area contributed by atoms with Crippen LogP contribution >= 0.6 is 0 Å². The predicted molar refractivity (Wildman–Crippen MR) is 57.7 cm³/mol. The third kappa shape index (κ3) is 3.37. The van der Waals surface area contributed by atoms with Gasteiger partial charge in [0.2, 0.25) is 11.5 Å². The van der Waals surface area contributed by atoms with E-state index in [9.17, 15) is 14.5 Å². The molecule has 0 saturated heterocycles. The van der Waals surface area contributed by atoms with Gasteiger partial charge in [0.15, 0.2) is 6.61 Å². The van der Waals surface area contributed by atoms with Gasteiger partial charge in [-0.2, -0.15) is 0 Å². The quantitative estimate of drug-likeness (QED) is 0.337. The first-order valence-corrected chi connectivity index (χ1v) is 4.98. The second-order valence-corrected chi connectivity index (χ2v) is 3.09. The van der Waals surface area contributed by atoms with Crippen molar-refractivity contribution in [2.75, 3.05) is 6.61 Å². The molecule has 1 aromatic carbocycles. The zero-order chi connectivity index (χ0) is 12.8. The van der Waals surface area contributed by atoms with Gasteiger partial charge in [-0.1, -0.05) is 12.1 Å². The first-order valence-electron chi connectivity index (χ1n) is 4.98. The van der Waals surface area contributed by atoms with Gasteiger partial charge in [-0.05, 0) is 13.0 Å². The van der Waals surface area contributed by atoms with Gasteiger partial charge >= 0.3 is 11.7 Å². The predicted octanol–water partition coefficient (Wildman–Crippen LogP) is 1.54. The standard InChI is InChI=1S/C11H12NO5/c1-3-16-12(15)9-6-4-5-7-10(9)17-11(14)8(2)13/h4-7H,3H2,1-2H3/q+1. The monoisotopic (exact) mass is 238 g/mol. The van der Waals surface area contributed by atoms with Gasteiger partial charge in [0, 0.05) is 13.0 Å². The smallest absolute Gasteiger partial charge is 0.379 e. The van der Waals surface area contributed by atoms with E-state index in [-0.39, 0.29) is 23.0 Å². The van der Waals surface area contributed by atoms with Crippen LogP contribution in [-0.2, 0) is 14.4 Å². The zero-order valence-corrected chi connectivity index (χ0v) is 9.50. The molecule has 0 radical (unpaired) electrons. The molecule has 6 heteroatoms. The molecule has 0 N–H and O–H groups in total. The number of hydrogen-bond donors (Lipinski definition) is 0. The van der Waals surface area contributed by atoms with Crippen molar-refractivity contribution in [3.8, 4) is 5.75 Å². The van der Waals surface area contributed by atoms with Crippen LogP contribution in [0.2, 0.25) is 0 Å². The maximum Gasteiger partial charge on any atom is 0.379 e. The molecule has 0 aliphatic rings. The van der Waals surface area contributed by atoms with Crippen LogP contribution in [-0.4, -0.2) is 23.3 Å². The molecule has 0 aromatic heterocycles. The Morgan fingerprint density at radius 1 is 1.29 bits per heavy atom. The van der Waals surface area contributed by atoms with Crippen LogP contribution < -0.4 is 4.74 Å². The molecule has 0 heterocycles. The molecule has 0 amide bonds. The van der Waals surface area contributed by atoms with Crippen LogP contribution in [0.5, 0.6) is 5.75 Å². The molecule has 0 aliphatic carbocycles. The van der Waals surface area contributed by atoms with Gasteiger partial charge in [0.25, 0.3) is 4.92 Å². The summed E-state index contributed by atoms with van der Waals surface area (Å²) in [6.45, 7) is 2.91. The van der Waals surface area contributed by atoms with Crippen molar-refractivity contribution in [1.82, 2.24) is 0 Å². The molecule has 17 heavy (non-hydrogen) atoms. The molecule has 0 fully saturated rings. The summed E-state index contributed by atoms with van der Waals surface area (Å²) in [4.78, 5) is 38.3. The Balaban J connectivity index is 2.96. The molecule has 90 valence electrons. The largest absolute Gasteiger partial charge is 0.413 e. The lowest BCUT2D eigenvalue weighted by Crippen LogP contribution is -2.17. The minimum absolute atomic E-state index is 0.0175. The summed E-state index contributed by atoms with van der Waals surface area (Å²) in [6, 6.07) is 5.99. The lowest BCUT2D eigenvalue weighted by atomic mass is 10.3. The van der Waals surface area contributed by atoms with E-state index in [4.69, 9.17) is 9.57 Å². The van der Waals surface area contributed by atoms with Gasteiger partial charge in [0.05, 0.1) is 4.91 Å². The molecule has 1 rings (SSSR count). The summed E-state index contributed by atoms with van der Waals surface area (Å²) >= 11 is 0. The molecule has 0 aliphatic heterocycles. The number of esters is 1. The zero-order valence-electron chi connectivity index (χ0n) is 9.50. The highest BCUT2D eigenvalue weighted by molar-refractivity contribution is 6.33. The van der Waals surface area contributed by atoms with E-state index in [1.54, 1.807) is 19.1 Å². The fraction of sp³-hybridized carbons (Fsp3) is 0.273. The summed E-state index contributed by atoms with van der Waals surface area (Å²) in [7, 11) is 0. The number of benzene rings is 1. The van der Waals surface area contributed by atoms with Gasteiger partial charge in [-0.15, -0.1) is 0 Å². The average molecular weight is 238 g/mol. The maximum absolute atomic E-state index is 11.4. The second-order valence-electron chi connectivity index (χ2n) is 3.09. The molecule has 0 spiro atoms. The molecule has 6 nitrogen and oxygen atoms in total. The highest BCUT2D eigenvalue weighted by atomic mass is 16.8. The van der Waals surface area contributed by atoms with Gasteiger partial charge in [0.1, 0.15) is 0 Å². The van der Waals surface area contributed by atoms with Gasteiger partial charge in [-0.25, -0.2) is 9.63 Å². The summed E-state index contributed by atoms with van der Waals surface area (Å²) in [5, 5.41) is 0. The van der Waals surface area contributed by atoms with E-state index in [1.807, 2.05) is 0 Å². The van der Waals surface area contributed by atoms with Crippen molar-refractivity contribution in [2.24, 2.45) is 0 Å². The first-order chi connectivity index (χ1) is 8.06. The lowest BCUT2D eigenvalue weighted by molar-refractivity contribution is -0.744. The second kappa shape index (κ2) is 5.74. The number of ether oxygens (including phenoxy) is 1. The number of rotatable bonds is 5. The van der Waals surface area contributed by atoms with E-state index in [2.05, 4.69) is 0 Å². The summed E-state index contributed by atoms with van der Waals surface area (Å²) < 4.78 is 4.76. The van der Waals surface area contributed by atoms with E-state index in [0.717, 1.165) is 6.92 Å². The number of ketones is 1. The fourth-order valence-corrected chi connectivity index (χ4v) is 1.05. The van der Waals surface area contributed by atoms with Crippen molar-refractivity contribution in [3.05, 3.63) is 29.2 Å². The van der Waals surface area contributed by atoms with Crippen LogP contribution in [0.15, 0.2) is 24.3 Å². The van der Waals surface area contributed by atoms with Crippen LogP contribution in [0.1, 0.15) is 13.8 Å². The number of nitrogens with zero attached hydrogens (tertiary/aromatic N) is 1. The van der Waals surface area contributed by atoms with Crippen LogP contribution in [0.3, 0.4) is 0 Å². The summed E-state index contributed by atoms with van der Waals surface area (Å²) in [5.41, 5.74) is 0.0314. The van der Waals surface area contributed by atoms with Crippen molar-refractivity contribution < 1.29 is 24.1 Å². The average Bonchev–Trinajstić information content (AvgIpc) is 2.29. The Hall–Kier alpha value is -2.24. The fourth-order valence-electron chi connectivity index (χ4n) is 1.05. The minimum Gasteiger partial charge on any atom is -0.413 e. The summed E-state index contributed by atoms with van der Waals surface area (Å²) in [6.07, 6.45) is 0. The lowest BCUT2D eigenvalue weighted by Gasteiger charge is -2.01. The number of hydrogen-bond acceptors (Lipinski definition) is 5. The van der Waals surface area contributed by atoms with Crippen molar-refractivity contribution in [3.63, 3.8) is 0 Å². The normalized spacial score (nSPS) is 9.53. The maximum atomic E-state index is 11.4. The third-order valence-electron chi connectivity index (χ3n) is 1.80. The number of carbonyl (C=O) groups excluding carboxylic acids is 2.